The number of H-pyrrole nitrogens is 1. The van der Waals surface area contributed by atoms with Gasteiger partial charge in [-0.25, -0.2) is 9.78 Å². The number of carbonyl (C=O) groups excluding carboxylic acids is 4. The van der Waals surface area contributed by atoms with E-state index in [0.29, 0.717) is 18.5 Å². The quantitative estimate of drug-likeness (QED) is 0.195. The predicted octanol–water partition coefficient (Wildman–Crippen LogP) is -1.56. The number of primary amides is 1. The topological polar surface area (TPSA) is 214 Å². The van der Waals surface area contributed by atoms with Crippen molar-refractivity contribution >= 4 is 29.6 Å². The van der Waals surface area contributed by atoms with Gasteiger partial charge in [0.25, 0.3) is 0 Å². The summed E-state index contributed by atoms with van der Waals surface area (Å²) in [6.45, 7) is 0.242. The Kier molecular flexibility index (Phi) is 9.33. The number of amides is 4. The highest BCUT2D eigenvalue weighted by Gasteiger charge is 2.39. The Morgan fingerprint density at radius 3 is 2.46 bits per heavy atom. The Morgan fingerprint density at radius 1 is 1.11 bits per heavy atom. The molecule has 0 spiro atoms. The molecule has 3 rings (SSSR count). The first-order chi connectivity index (χ1) is 17.7. The van der Waals surface area contributed by atoms with E-state index in [-0.39, 0.29) is 19.4 Å². The molecule has 1 aromatic heterocycles. The number of likely N-dealkylation sites (tertiary alicyclic amines) is 1. The lowest BCUT2D eigenvalue weighted by atomic mass is 10.0. The van der Waals surface area contributed by atoms with E-state index in [4.69, 9.17) is 11.5 Å². The Bertz CT molecular complexity index is 1110. The molecule has 13 nitrogen and oxygen atoms in total. The molecule has 1 aromatic carbocycles. The fourth-order valence-corrected chi connectivity index (χ4v) is 4.23. The number of aromatic amines is 1. The minimum atomic E-state index is -1.51. The molecule has 37 heavy (non-hydrogen) atoms. The molecule has 0 bridgehead atoms. The molecule has 4 amide bonds. The molecule has 0 aliphatic carbocycles. The first-order valence-electron chi connectivity index (χ1n) is 11.8. The van der Waals surface area contributed by atoms with Gasteiger partial charge in [-0.15, -0.1) is 0 Å². The number of rotatable bonds is 12. The fraction of sp³-hybridized carbons (Fsp3) is 0.417. The first kappa shape index (κ1) is 27.3. The lowest BCUT2D eigenvalue weighted by Gasteiger charge is -2.30. The van der Waals surface area contributed by atoms with Crippen molar-refractivity contribution < 1.29 is 29.1 Å². The molecule has 0 saturated carbocycles. The molecule has 2 aromatic rings. The Balaban J connectivity index is 1.75. The largest absolute Gasteiger partial charge is 0.480 e. The van der Waals surface area contributed by atoms with E-state index in [1.807, 2.05) is 18.2 Å². The van der Waals surface area contributed by atoms with Crippen LogP contribution in [0.25, 0.3) is 0 Å². The van der Waals surface area contributed by atoms with E-state index in [1.54, 1.807) is 18.3 Å². The number of aromatic nitrogens is 2. The molecule has 8 N–H and O–H groups in total. The molecule has 1 saturated heterocycles. The summed E-state index contributed by atoms with van der Waals surface area (Å²) in [6, 6.07) is 4.62. The lowest BCUT2D eigenvalue weighted by Crippen LogP contribution is -2.57. The number of nitrogens with two attached hydrogens (primary N) is 2. The summed E-state index contributed by atoms with van der Waals surface area (Å²) < 4.78 is 0. The van der Waals surface area contributed by atoms with Crippen molar-refractivity contribution in [1.82, 2.24) is 25.5 Å². The van der Waals surface area contributed by atoms with Crippen LogP contribution in [0.2, 0.25) is 0 Å². The van der Waals surface area contributed by atoms with Crippen LogP contribution in [0, 0.1) is 0 Å². The molecule has 4 unspecified atom stereocenters. The monoisotopic (exact) mass is 513 g/mol. The maximum absolute atomic E-state index is 13.6. The van der Waals surface area contributed by atoms with Gasteiger partial charge in [-0.3, -0.25) is 19.2 Å². The normalized spacial score (nSPS) is 17.4. The van der Waals surface area contributed by atoms with Crippen molar-refractivity contribution in [2.45, 2.75) is 56.3 Å². The van der Waals surface area contributed by atoms with Crippen LogP contribution in [0.15, 0.2) is 42.9 Å². The van der Waals surface area contributed by atoms with Gasteiger partial charge in [-0.1, -0.05) is 30.3 Å². The van der Waals surface area contributed by atoms with Crippen molar-refractivity contribution in [2.24, 2.45) is 11.5 Å². The Labute approximate surface area is 213 Å². The molecular weight excluding hydrogens is 482 g/mol. The van der Waals surface area contributed by atoms with Gasteiger partial charge in [0.05, 0.1) is 18.8 Å². The van der Waals surface area contributed by atoms with Gasteiger partial charge in [0.2, 0.25) is 23.6 Å². The second-order valence-corrected chi connectivity index (χ2v) is 8.90. The van der Waals surface area contributed by atoms with Crippen LogP contribution in [-0.2, 0) is 36.8 Å². The number of hydrogen-bond donors (Lipinski definition) is 6. The molecule has 1 aliphatic heterocycles. The van der Waals surface area contributed by atoms with E-state index in [0.717, 1.165) is 5.56 Å². The number of nitrogens with zero attached hydrogens (tertiary/aromatic N) is 2. The zero-order chi connectivity index (χ0) is 26.9. The number of benzene rings is 1. The number of hydrogen-bond acceptors (Lipinski definition) is 7. The van der Waals surface area contributed by atoms with Crippen LogP contribution in [0.4, 0.5) is 0 Å². The lowest BCUT2D eigenvalue weighted by molar-refractivity contribution is -0.145. The summed E-state index contributed by atoms with van der Waals surface area (Å²) in [5.41, 5.74) is 12.6. The number of imidazole rings is 1. The van der Waals surface area contributed by atoms with Crippen molar-refractivity contribution in [3.63, 3.8) is 0 Å². The number of carboxylic acids is 1. The van der Waals surface area contributed by atoms with Gasteiger partial charge in [0.1, 0.15) is 18.1 Å². The summed E-state index contributed by atoms with van der Waals surface area (Å²) >= 11 is 0. The van der Waals surface area contributed by atoms with Crippen LogP contribution in [-0.4, -0.2) is 80.3 Å². The van der Waals surface area contributed by atoms with Gasteiger partial charge in [0.15, 0.2) is 0 Å². The second-order valence-electron chi connectivity index (χ2n) is 8.90. The number of aliphatic carboxylic acids is 1. The highest BCUT2D eigenvalue weighted by atomic mass is 16.4. The van der Waals surface area contributed by atoms with Gasteiger partial charge < -0.3 is 37.1 Å². The van der Waals surface area contributed by atoms with Gasteiger partial charge >= 0.3 is 5.97 Å². The molecule has 1 fully saturated rings. The molecule has 2 heterocycles. The minimum Gasteiger partial charge on any atom is -0.480 e. The van der Waals surface area contributed by atoms with Crippen LogP contribution >= 0.6 is 0 Å². The third kappa shape index (κ3) is 7.61. The summed E-state index contributed by atoms with van der Waals surface area (Å²) in [6.07, 6.45) is 3.58. The smallest absolute Gasteiger partial charge is 0.326 e. The van der Waals surface area contributed by atoms with Gasteiger partial charge in [-0.05, 0) is 18.4 Å². The highest BCUT2D eigenvalue weighted by Crippen LogP contribution is 2.20. The van der Waals surface area contributed by atoms with Crippen LogP contribution in [0.1, 0.15) is 30.5 Å². The van der Waals surface area contributed by atoms with Gasteiger partial charge in [-0.2, -0.15) is 0 Å². The van der Waals surface area contributed by atoms with E-state index in [1.165, 1.54) is 11.2 Å². The predicted molar refractivity (Wildman–Crippen MR) is 130 cm³/mol. The molecule has 1 aliphatic rings. The van der Waals surface area contributed by atoms with Crippen LogP contribution in [0.3, 0.4) is 0 Å². The second kappa shape index (κ2) is 12.6. The molecular formula is C24H31N7O6. The molecule has 4 atom stereocenters. The average molecular weight is 514 g/mol. The maximum atomic E-state index is 13.6. The van der Waals surface area contributed by atoms with Crippen molar-refractivity contribution in [2.75, 3.05) is 6.54 Å². The molecule has 13 heteroatoms. The maximum Gasteiger partial charge on any atom is 0.326 e. The van der Waals surface area contributed by atoms with Crippen molar-refractivity contribution in [1.29, 1.82) is 0 Å². The summed E-state index contributed by atoms with van der Waals surface area (Å²) in [5.74, 6) is -4.05. The first-order valence-corrected chi connectivity index (χ1v) is 11.8. The number of nitrogens with one attached hydrogen (secondary N) is 3. The van der Waals surface area contributed by atoms with Crippen LogP contribution in [0.5, 0.6) is 0 Å². The average Bonchev–Trinajstić information content (AvgIpc) is 3.55. The minimum absolute atomic E-state index is 0.159. The molecule has 0 radical (unpaired) electrons. The standard InChI is InChI=1S/C24H31N7O6/c25-16(10-15-12-27-13-28-15)21(33)29-17(9-14-5-2-1-3-6-14)23(35)31-8-4-7-19(31)22(34)30-18(24(36)37)11-20(26)32/h1-3,5-6,12-13,16-19H,4,7-11,25H2,(H2,26,32)(H,27,28)(H,29,33)(H,30,34)(H,36,37). The zero-order valence-electron chi connectivity index (χ0n) is 20.1. The SMILES string of the molecule is NC(=O)CC(NC(=O)C1CCCN1C(=O)C(Cc1ccccc1)NC(=O)C(N)Cc1cnc[nH]1)C(=O)O. The van der Waals surface area contributed by atoms with Gasteiger partial charge in [0, 0.05) is 31.3 Å². The van der Waals surface area contributed by atoms with E-state index >= 15 is 0 Å². The highest BCUT2D eigenvalue weighted by molar-refractivity contribution is 5.95. The summed E-state index contributed by atoms with van der Waals surface area (Å²) in [4.78, 5) is 70.2. The summed E-state index contributed by atoms with van der Waals surface area (Å²) in [7, 11) is 0. The summed E-state index contributed by atoms with van der Waals surface area (Å²) in [5, 5.41) is 14.3. The fourth-order valence-electron chi connectivity index (χ4n) is 4.23. The van der Waals surface area contributed by atoms with E-state index in [2.05, 4.69) is 20.6 Å². The van der Waals surface area contributed by atoms with Crippen molar-refractivity contribution in [3.05, 3.63) is 54.1 Å². The Hall–Kier alpha value is -4.26. The van der Waals surface area contributed by atoms with E-state index < -0.39 is 60.2 Å². The number of carbonyl (C=O) groups is 5. The zero-order valence-corrected chi connectivity index (χ0v) is 20.1. The third-order valence-corrected chi connectivity index (χ3v) is 6.09. The molecule has 198 valence electrons. The van der Waals surface area contributed by atoms with Crippen LogP contribution < -0.4 is 22.1 Å². The van der Waals surface area contributed by atoms with Crippen molar-refractivity contribution in [3.8, 4) is 0 Å². The number of carboxylic acid groups (broad SMARTS) is 1. The Morgan fingerprint density at radius 2 is 1.84 bits per heavy atom. The van der Waals surface area contributed by atoms with E-state index in [9.17, 15) is 29.1 Å². The third-order valence-electron chi connectivity index (χ3n) is 6.09.